The van der Waals surface area contributed by atoms with Crippen molar-refractivity contribution in [2.75, 3.05) is 43.1 Å². The van der Waals surface area contributed by atoms with Crippen LogP contribution in [0.1, 0.15) is 12.5 Å². The first-order chi connectivity index (χ1) is 16.8. The molecule has 11 nitrogen and oxygen atoms in total. The number of carbonyl (C=O) groups excluding carboxylic acids is 3. The van der Waals surface area contributed by atoms with Crippen LogP contribution in [0.5, 0.6) is 5.75 Å². The Morgan fingerprint density at radius 2 is 1.89 bits per heavy atom. The number of urea groups is 1. The summed E-state index contributed by atoms with van der Waals surface area (Å²) >= 11 is 0. The van der Waals surface area contributed by atoms with Crippen molar-refractivity contribution >= 4 is 34.9 Å². The number of barbiturate groups is 1. The molecule has 0 unspecified atom stereocenters. The van der Waals surface area contributed by atoms with Crippen molar-refractivity contribution in [3.05, 3.63) is 58.1 Å². The molecule has 0 aromatic heterocycles. The second-order valence-electron chi connectivity index (χ2n) is 8.92. The van der Waals surface area contributed by atoms with Crippen molar-refractivity contribution in [3.63, 3.8) is 0 Å². The van der Waals surface area contributed by atoms with Crippen LogP contribution in [0.4, 0.5) is 21.9 Å². The predicted molar refractivity (Wildman–Crippen MR) is 127 cm³/mol. The Hall–Kier alpha value is -3.99. The van der Waals surface area contributed by atoms with E-state index in [0.717, 1.165) is 23.7 Å². The molecule has 1 N–H and O–H groups in total. The maximum absolute atomic E-state index is 14.2. The van der Waals surface area contributed by atoms with E-state index in [0.29, 0.717) is 30.1 Å². The van der Waals surface area contributed by atoms with Crippen LogP contribution in [0.15, 0.2) is 42.5 Å². The van der Waals surface area contributed by atoms with E-state index >= 15 is 0 Å². The molecule has 0 bridgehead atoms. The highest BCUT2D eigenvalue weighted by Gasteiger charge is 2.63. The Balaban J connectivity index is 1.65. The van der Waals surface area contributed by atoms with Gasteiger partial charge in [0.1, 0.15) is 5.75 Å². The molecule has 0 saturated carbocycles. The number of hydrogen-bond donors (Lipinski definition) is 1. The molecular formula is C24H25N5O6. The quantitative estimate of drug-likeness (QED) is 0.401. The van der Waals surface area contributed by atoms with Gasteiger partial charge in [0.25, 0.3) is 11.6 Å². The second kappa shape index (κ2) is 8.35. The molecule has 35 heavy (non-hydrogen) atoms. The van der Waals surface area contributed by atoms with Crippen LogP contribution in [0.25, 0.3) is 0 Å². The Morgan fingerprint density at radius 3 is 2.54 bits per heavy atom. The highest BCUT2D eigenvalue weighted by molar-refractivity contribution is 6.30. The number of fused-ring (bicyclic) bond motifs is 4. The molecule has 11 heteroatoms. The SMILES string of the molecule is CCN1CCN2c3ccc([N+](=O)[O-])cc3C[C@]3(C(=O)NC(=O)N(c4ccc(OC)cc4)C3=O)[C@H]2C1. The first-order valence-corrected chi connectivity index (χ1v) is 11.4. The van der Waals surface area contributed by atoms with Crippen LogP contribution in [-0.2, 0) is 16.0 Å². The third-order valence-electron chi connectivity index (χ3n) is 7.28. The molecule has 3 aliphatic heterocycles. The van der Waals surface area contributed by atoms with Gasteiger partial charge in [0.05, 0.1) is 23.8 Å². The number of imide groups is 2. The highest BCUT2D eigenvalue weighted by atomic mass is 16.6. The van der Waals surface area contributed by atoms with Crippen molar-refractivity contribution < 1.29 is 24.0 Å². The van der Waals surface area contributed by atoms with Crippen LogP contribution in [0.2, 0.25) is 0 Å². The number of anilines is 2. The summed E-state index contributed by atoms with van der Waals surface area (Å²) in [5.74, 6) is -0.760. The third kappa shape index (κ3) is 3.42. The third-order valence-corrected chi connectivity index (χ3v) is 7.28. The average molecular weight is 479 g/mol. The molecule has 0 radical (unpaired) electrons. The molecular weight excluding hydrogens is 454 g/mol. The molecule has 182 valence electrons. The number of amides is 4. The molecule has 2 atom stereocenters. The summed E-state index contributed by atoms with van der Waals surface area (Å²) in [6, 6.07) is 9.60. The summed E-state index contributed by atoms with van der Waals surface area (Å²) in [5, 5.41) is 13.9. The Morgan fingerprint density at radius 1 is 1.14 bits per heavy atom. The molecule has 4 amide bonds. The lowest BCUT2D eigenvalue weighted by atomic mass is 9.67. The van der Waals surface area contributed by atoms with Crippen LogP contribution in [-0.4, -0.2) is 67.0 Å². The first-order valence-electron chi connectivity index (χ1n) is 11.4. The summed E-state index contributed by atoms with van der Waals surface area (Å²) in [7, 11) is 1.51. The van der Waals surface area contributed by atoms with Crippen LogP contribution < -0.4 is 19.9 Å². The number of nitrogens with zero attached hydrogens (tertiary/aromatic N) is 4. The summed E-state index contributed by atoms with van der Waals surface area (Å²) in [6.07, 6.45) is -0.0483. The van der Waals surface area contributed by atoms with E-state index in [2.05, 4.69) is 10.2 Å². The van der Waals surface area contributed by atoms with Gasteiger partial charge in [-0.1, -0.05) is 6.92 Å². The standard InChI is InChI=1S/C24H25N5O6/c1-3-26-10-11-27-19-9-6-17(29(33)34)12-15(19)13-24(20(27)14-26)21(30)25-23(32)28(22(24)31)16-4-7-18(35-2)8-5-16/h4-9,12,20H,3,10-11,13-14H2,1-2H3,(H,25,30,32)/t20-,24-/m1/s1. The van der Waals surface area contributed by atoms with Crippen LogP contribution >= 0.6 is 0 Å². The van der Waals surface area contributed by atoms with Gasteiger partial charge >= 0.3 is 6.03 Å². The molecule has 5 rings (SSSR count). The highest BCUT2D eigenvalue weighted by Crippen LogP contribution is 2.47. The number of methoxy groups -OCH3 is 1. The maximum Gasteiger partial charge on any atom is 0.335 e. The zero-order valence-corrected chi connectivity index (χ0v) is 19.4. The molecule has 2 aromatic carbocycles. The van der Waals surface area contributed by atoms with Gasteiger partial charge in [-0.05, 0) is 42.4 Å². The van der Waals surface area contributed by atoms with Gasteiger partial charge in [0.2, 0.25) is 5.91 Å². The lowest BCUT2D eigenvalue weighted by Crippen LogP contribution is -2.75. The second-order valence-corrected chi connectivity index (χ2v) is 8.92. The van der Waals surface area contributed by atoms with Gasteiger partial charge in [-0.25, -0.2) is 9.69 Å². The van der Waals surface area contributed by atoms with E-state index in [1.807, 2.05) is 11.8 Å². The molecule has 1 spiro atoms. The van der Waals surface area contributed by atoms with Crippen molar-refractivity contribution in [1.82, 2.24) is 10.2 Å². The minimum absolute atomic E-state index is 0.0483. The molecule has 2 fully saturated rings. The summed E-state index contributed by atoms with van der Waals surface area (Å²) in [5.41, 5.74) is -0.136. The Bertz CT molecular complexity index is 1230. The van der Waals surface area contributed by atoms with Crippen LogP contribution in [0.3, 0.4) is 0 Å². The minimum Gasteiger partial charge on any atom is -0.497 e. The molecule has 2 saturated heterocycles. The van der Waals surface area contributed by atoms with E-state index in [9.17, 15) is 24.5 Å². The largest absolute Gasteiger partial charge is 0.497 e. The van der Waals surface area contributed by atoms with E-state index in [4.69, 9.17) is 4.74 Å². The number of benzene rings is 2. The Labute approximate surface area is 201 Å². The van der Waals surface area contributed by atoms with Gasteiger partial charge in [-0.15, -0.1) is 0 Å². The average Bonchev–Trinajstić information content (AvgIpc) is 2.87. The monoisotopic (exact) mass is 479 g/mol. The van der Waals surface area contributed by atoms with E-state index < -0.39 is 34.2 Å². The van der Waals surface area contributed by atoms with Crippen molar-refractivity contribution in [2.45, 2.75) is 19.4 Å². The topological polar surface area (TPSA) is 125 Å². The van der Waals surface area contributed by atoms with E-state index in [1.54, 1.807) is 30.3 Å². The number of nitrogens with one attached hydrogen (secondary N) is 1. The van der Waals surface area contributed by atoms with E-state index in [1.165, 1.54) is 19.2 Å². The lowest BCUT2D eigenvalue weighted by Gasteiger charge is -2.55. The lowest BCUT2D eigenvalue weighted by molar-refractivity contribution is -0.384. The number of nitro groups is 1. The smallest absolute Gasteiger partial charge is 0.335 e. The number of nitro benzene ring substituents is 1. The Kier molecular flexibility index (Phi) is 5.43. The van der Waals surface area contributed by atoms with Gasteiger partial charge < -0.3 is 9.64 Å². The number of piperazine rings is 1. The molecule has 2 aromatic rings. The summed E-state index contributed by atoms with van der Waals surface area (Å²) < 4.78 is 5.18. The van der Waals surface area contributed by atoms with Crippen LogP contribution in [0, 0.1) is 15.5 Å². The predicted octanol–water partition coefficient (Wildman–Crippen LogP) is 1.94. The number of non-ortho nitro benzene ring substituents is 1. The van der Waals surface area contributed by atoms with Crippen molar-refractivity contribution in [1.29, 1.82) is 0 Å². The fourth-order valence-electron chi connectivity index (χ4n) is 5.43. The fourth-order valence-corrected chi connectivity index (χ4v) is 5.43. The normalized spacial score (nSPS) is 24.2. The zero-order valence-electron chi connectivity index (χ0n) is 19.4. The van der Waals surface area contributed by atoms with Crippen molar-refractivity contribution in [3.8, 4) is 5.75 Å². The van der Waals surface area contributed by atoms with Crippen molar-refractivity contribution in [2.24, 2.45) is 5.41 Å². The van der Waals surface area contributed by atoms with Gasteiger partial charge in [0, 0.05) is 43.9 Å². The first kappa shape index (κ1) is 22.8. The maximum atomic E-state index is 14.2. The number of likely N-dealkylation sites (N-methyl/N-ethyl adjacent to an activating group) is 1. The number of carbonyl (C=O) groups is 3. The molecule has 3 aliphatic rings. The number of ether oxygens (including phenoxy) is 1. The fraction of sp³-hybridized carbons (Fsp3) is 0.375. The number of rotatable bonds is 4. The van der Waals surface area contributed by atoms with Gasteiger partial charge in [-0.3, -0.25) is 29.9 Å². The zero-order chi connectivity index (χ0) is 24.9. The van der Waals surface area contributed by atoms with Gasteiger partial charge in [-0.2, -0.15) is 0 Å². The summed E-state index contributed by atoms with van der Waals surface area (Å²) in [4.78, 5) is 56.8. The molecule has 0 aliphatic carbocycles. The molecule has 3 heterocycles. The minimum atomic E-state index is -1.64. The summed E-state index contributed by atoms with van der Waals surface area (Å²) in [6.45, 7) is 4.46. The van der Waals surface area contributed by atoms with E-state index in [-0.39, 0.29) is 12.1 Å². The van der Waals surface area contributed by atoms with Gasteiger partial charge in [0.15, 0.2) is 5.41 Å². The number of hydrogen-bond acceptors (Lipinski definition) is 8.